The maximum absolute atomic E-state index is 12.4. The number of rotatable bonds is 7. The van der Waals surface area contributed by atoms with Gasteiger partial charge in [-0.15, -0.1) is 0 Å². The van der Waals surface area contributed by atoms with Crippen LogP contribution >= 0.6 is 0 Å². The van der Waals surface area contributed by atoms with Gasteiger partial charge in [-0.2, -0.15) is 0 Å². The highest BCUT2D eigenvalue weighted by Gasteiger charge is 2.34. The minimum Gasteiger partial charge on any atom is -0.480 e. The molecule has 0 bridgehead atoms. The highest BCUT2D eigenvalue weighted by atomic mass is 32.2. The van der Waals surface area contributed by atoms with E-state index in [2.05, 4.69) is 4.72 Å². The van der Waals surface area contributed by atoms with Crippen molar-refractivity contribution in [3.8, 4) is 0 Å². The van der Waals surface area contributed by atoms with Crippen LogP contribution in [-0.4, -0.2) is 49.4 Å². The lowest BCUT2D eigenvalue weighted by Crippen LogP contribution is -2.37. The summed E-state index contributed by atoms with van der Waals surface area (Å²) in [6, 6.07) is 5.57. The molecular formula is C14H18N2O5S. The van der Waals surface area contributed by atoms with Gasteiger partial charge in [0.05, 0.1) is 4.90 Å². The van der Waals surface area contributed by atoms with Crippen LogP contribution in [0.25, 0.3) is 0 Å². The van der Waals surface area contributed by atoms with Gasteiger partial charge in [-0.3, -0.25) is 9.59 Å². The Balaban J connectivity index is 2.28. The van der Waals surface area contributed by atoms with Gasteiger partial charge in [0.1, 0.15) is 6.54 Å². The second-order valence-corrected chi connectivity index (χ2v) is 6.85. The van der Waals surface area contributed by atoms with E-state index in [0.29, 0.717) is 0 Å². The van der Waals surface area contributed by atoms with Gasteiger partial charge in [0.25, 0.3) is 5.91 Å². The number of amides is 1. The Morgan fingerprint density at radius 3 is 2.59 bits per heavy atom. The van der Waals surface area contributed by atoms with Gasteiger partial charge in [0, 0.05) is 18.2 Å². The highest BCUT2D eigenvalue weighted by Crippen LogP contribution is 2.28. The molecule has 2 rings (SSSR count). The molecule has 1 saturated carbocycles. The van der Waals surface area contributed by atoms with Crippen molar-refractivity contribution >= 4 is 21.9 Å². The number of sulfonamides is 1. The number of nitrogens with one attached hydrogen (secondary N) is 1. The molecule has 1 aliphatic carbocycles. The summed E-state index contributed by atoms with van der Waals surface area (Å²) in [6.45, 7) is 1.52. The van der Waals surface area contributed by atoms with Crippen molar-refractivity contribution in [1.29, 1.82) is 0 Å². The molecule has 7 nitrogen and oxygen atoms in total. The number of carboxylic acids is 1. The molecule has 0 heterocycles. The number of aliphatic carboxylic acids is 1. The zero-order chi connectivity index (χ0) is 16.3. The summed E-state index contributed by atoms with van der Waals surface area (Å²) < 4.78 is 26.3. The van der Waals surface area contributed by atoms with E-state index in [1.165, 1.54) is 29.2 Å². The van der Waals surface area contributed by atoms with Gasteiger partial charge < -0.3 is 10.0 Å². The van der Waals surface area contributed by atoms with Gasteiger partial charge in [0.15, 0.2) is 0 Å². The number of hydrogen-bond acceptors (Lipinski definition) is 4. The molecule has 1 aromatic carbocycles. The third-order valence-corrected chi connectivity index (χ3v) is 4.82. The van der Waals surface area contributed by atoms with Crippen LogP contribution in [0.5, 0.6) is 0 Å². The lowest BCUT2D eigenvalue weighted by Gasteiger charge is -2.20. The predicted molar refractivity (Wildman–Crippen MR) is 79.0 cm³/mol. The second-order valence-electron chi connectivity index (χ2n) is 5.09. The lowest BCUT2D eigenvalue weighted by atomic mass is 10.2. The Hall–Kier alpha value is -1.93. The van der Waals surface area contributed by atoms with Crippen LogP contribution in [0.4, 0.5) is 0 Å². The van der Waals surface area contributed by atoms with E-state index in [9.17, 15) is 18.0 Å². The molecule has 1 amide bonds. The quantitative estimate of drug-likeness (QED) is 0.766. The Morgan fingerprint density at radius 1 is 1.36 bits per heavy atom. The van der Waals surface area contributed by atoms with E-state index in [4.69, 9.17) is 5.11 Å². The SMILES string of the molecule is CCNS(=O)(=O)c1cccc(C(=O)N(CC(=O)O)C2CC2)c1. The molecule has 0 unspecified atom stereocenters. The molecule has 1 aliphatic rings. The van der Waals surface area contributed by atoms with Crippen LogP contribution in [-0.2, 0) is 14.8 Å². The molecule has 0 radical (unpaired) electrons. The van der Waals surface area contributed by atoms with E-state index < -0.39 is 21.9 Å². The van der Waals surface area contributed by atoms with Crippen molar-refractivity contribution in [2.24, 2.45) is 0 Å². The summed E-state index contributed by atoms with van der Waals surface area (Å²) in [7, 11) is -3.66. The number of carbonyl (C=O) groups excluding carboxylic acids is 1. The molecule has 0 saturated heterocycles. The molecule has 0 atom stereocenters. The third-order valence-electron chi connectivity index (χ3n) is 3.28. The second kappa shape index (κ2) is 6.45. The lowest BCUT2D eigenvalue weighted by molar-refractivity contribution is -0.137. The van der Waals surface area contributed by atoms with Crippen LogP contribution in [0, 0.1) is 0 Å². The summed E-state index contributed by atoms with van der Waals surface area (Å²) in [4.78, 5) is 24.6. The van der Waals surface area contributed by atoms with E-state index >= 15 is 0 Å². The first-order valence-electron chi connectivity index (χ1n) is 6.97. The summed E-state index contributed by atoms with van der Waals surface area (Å²) in [5, 5.41) is 8.91. The van der Waals surface area contributed by atoms with Crippen LogP contribution in [0.3, 0.4) is 0 Å². The Labute approximate surface area is 129 Å². The minimum atomic E-state index is -3.66. The summed E-state index contributed by atoms with van der Waals surface area (Å²) in [5.74, 6) is -1.55. The molecule has 1 aromatic rings. The van der Waals surface area contributed by atoms with Crippen LogP contribution < -0.4 is 4.72 Å². The topological polar surface area (TPSA) is 104 Å². The smallest absolute Gasteiger partial charge is 0.323 e. The largest absolute Gasteiger partial charge is 0.480 e. The maximum atomic E-state index is 12.4. The fraction of sp³-hybridized carbons (Fsp3) is 0.429. The van der Waals surface area contributed by atoms with Gasteiger partial charge in [-0.25, -0.2) is 13.1 Å². The first-order chi connectivity index (χ1) is 10.3. The average Bonchev–Trinajstić information content (AvgIpc) is 3.28. The number of carbonyl (C=O) groups is 2. The van der Waals surface area contributed by atoms with Crippen molar-refractivity contribution in [3.05, 3.63) is 29.8 Å². The number of nitrogens with zero attached hydrogens (tertiary/aromatic N) is 1. The van der Waals surface area contributed by atoms with Crippen LogP contribution in [0.15, 0.2) is 29.2 Å². The van der Waals surface area contributed by atoms with Crippen molar-refractivity contribution in [3.63, 3.8) is 0 Å². The number of carboxylic acid groups (broad SMARTS) is 1. The molecule has 8 heteroatoms. The Bertz CT molecular complexity index is 682. The van der Waals surface area contributed by atoms with Crippen molar-refractivity contribution < 1.29 is 23.1 Å². The molecule has 1 fully saturated rings. The minimum absolute atomic E-state index is 0.00808. The molecule has 0 spiro atoms. The maximum Gasteiger partial charge on any atom is 0.323 e. The van der Waals surface area contributed by atoms with E-state index in [1.807, 2.05) is 0 Å². The molecule has 0 aliphatic heterocycles. The molecule has 22 heavy (non-hydrogen) atoms. The Kier molecular flexibility index (Phi) is 4.82. The van der Waals surface area contributed by atoms with Crippen LogP contribution in [0.1, 0.15) is 30.1 Å². The molecule has 120 valence electrons. The zero-order valence-corrected chi connectivity index (χ0v) is 13.0. The number of benzene rings is 1. The fourth-order valence-corrected chi connectivity index (χ4v) is 3.22. The molecule has 0 aromatic heterocycles. The van der Waals surface area contributed by atoms with Crippen molar-refractivity contribution in [2.45, 2.75) is 30.7 Å². The van der Waals surface area contributed by atoms with Gasteiger partial charge in [0.2, 0.25) is 10.0 Å². The zero-order valence-electron chi connectivity index (χ0n) is 12.2. The van der Waals surface area contributed by atoms with Crippen molar-refractivity contribution in [2.75, 3.05) is 13.1 Å². The average molecular weight is 326 g/mol. The molecular weight excluding hydrogens is 308 g/mol. The third kappa shape index (κ3) is 3.83. The predicted octanol–water partition coefficient (Wildman–Crippen LogP) is 0.674. The highest BCUT2D eigenvalue weighted by molar-refractivity contribution is 7.89. The summed E-state index contributed by atoms with van der Waals surface area (Å²) in [5.41, 5.74) is 0.173. The normalized spacial score (nSPS) is 14.6. The summed E-state index contributed by atoms with van der Waals surface area (Å²) in [6.07, 6.45) is 1.54. The van der Waals surface area contributed by atoms with Crippen LogP contribution in [0.2, 0.25) is 0 Å². The fourth-order valence-electron chi connectivity index (χ4n) is 2.13. The van der Waals surface area contributed by atoms with Crippen molar-refractivity contribution in [1.82, 2.24) is 9.62 Å². The first-order valence-corrected chi connectivity index (χ1v) is 8.46. The molecule has 2 N–H and O–H groups in total. The summed E-state index contributed by atoms with van der Waals surface area (Å²) >= 11 is 0. The van der Waals surface area contributed by atoms with Gasteiger partial charge in [-0.05, 0) is 31.0 Å². The monoisotopic (exact) mass is 326 g/mol. The first kappa shape index (κ1) is 16.4. The van der Waals surface area contributed by atoms with E-state index in [-0.39, 0.29) is 29.6 Å². The van der Waals surface area contributed by atoms with E-state index in [1.54, 1.807) is 6.92 Å². The van der Waals surface area contributed by atoms with E-state index in [0.717, 1.165) is 12.8 Å². The van der Waals surface area contributed by atoms with Gasteiger partial charge in [-0.1, -0.05) is 13.0 Å². The number of hydrogen-bond donors (Lipinski definition) is 2. The van der Waals surface area contributed by atoms with Gasteiger partial charge >= 0.3 is 5.97 Å². The Morgan fingerprint density at radius 2 is 2.05 bits per heavy atom. The standard InChI is InChI=1S/C14H18N2O5S/c1-2-15-22(20,21)12-5-3-4-10(8-12)14(19)16(9-13(17)18)11-6-7-11/h3-5,8,11,15H,2,6-7,9H2,1H3,(H,17,18).